The summed E-state index contributed by atoms with van der Waals surface area (Å²) in [6.07, 6.45) is -4.48. The zero-order valence-corrected chi connectivity index (χ0v) is 18.6. The van der Waals surface area contributed by atoms with Crippen LogP contribution in [0.1, 0.15) is 22.8 Å². The van der Waals surface area contributed by atoms with Crippen molar-refractivity contribution in [3.8, 4) is 0 Å². The summed E-state index contributed by atoms with van der Waals surface area (Å²) in [4.78, 5) is 16.8. The van der Waals surface area contributed by atoms with E-state index in [0.717, 1.165) is 37.4 Å². The number of nitrogens with one attached hydrogen (secondary N) is 2. The van der Waals surface area contributed by atoms with Crippen LogP contribution in [0, 0.1) is 0 Å². The Balaban J connectivity index is 1.89. The van der Waals surface area contributed by atoms with E-state index in [9.17, 15) is 26.4 Å². The smallest absolute Gasteiger partial charge is 0.368 e. The molecule has 0 bridgehead atoms. The molecule has 0 saturated carbocycles. The van der Waals surface area contributed by atoms with Gasteiger partial charge in [0.25, 0.3) is 5.91 Å². The first-order chi connectivity index (χ1) is 15.0. The predicted molar refractivity (Wildman–Crippen MR) is 116 cm³/mol. The fourth-order valence-electron chi connectivity index (χ4n) is 3.39. The molecule has 32 heavy (non-hydrogen) atoms. The van der Waals surface area contributed by atoms with Crippen molar-refractivity contribution in [1.82, 2.24) is 9.62 Å². The van der Waals surface area contributed by atoms with Gasteiger partial charge in [0.1, 0.15) is 4.90 Å². The van der Waals surface area contributed by atoms with E-state index < -0.39 is 27.7 Å². The SMILES string of the molecule is CCNS(=O)(=O)c1cc(C(=O)Nc2ccc(C(F)(F)F)cc2)ccc1N1CCN(C)CC1. The Labute approximate surface area is 185 Å². The maximum atomic E-state index is 12.8. The van der Waals surface area contributed by atoms with E-state index in [-0.39, 0.29) is 22.7 Å². The highest BCUT2D eigenvalue weighted by atomic mass is 32.2. The van der Waals surface area contributed by atoms with E-state index in [0.29, 0.717) is 18.8 Å². The average Bonchev–Trinajstić information content (AvgIpc) is 2.73. The molecule has 0 spiro atoms. The minimum absolute atomic E-state index is 0.0102. The topological polar surface area (TPSA) is 81.7 Å². The van der Waals surface area contributed by atoms with Gasteiger partial charge in [-0.25, -0.2) is 13.1 Å². The highest BCUT2D eigenvalue weighted by Gasteiger charge is 2.30. The van der Waals surface area contributed by atoms with Gasteiger partial charge in [0.05, 0.1) is 11.3 Å². The van der Waals surface area contributed by atoms with Crippen molar-refractivity contribution in [2.75, 3.05) is 50.0 Å². The largest absolute Gasteiger partial charge is 0.416 e. The summed E-state index contributed by atoms with van der Waals surface area (Å²) in [6, 6.07) is 8.44. The quantitative estimate of drug-likeness (QED) is 0.679. The molecular weight excluding hydrogens is 445 g/mol. The first-order valence-electron chi connectivity index (χ1n) is 10.1. The van der Waals surface area contributed by atoms with Crippen molar-refractivity contribution in [3.63, 3.8) is 0 Å². The van der Waals surface area contributed by atoms with Crippen molar-refractivity contribution in [1.29, 1.82) is 0 Å². The van der Waals surface area contributed by atoms with Crippen LogP contribution in [0.5, 0.6) is 0 Å². The van der Waals surface area contributed by atoms with Crippen LogP contribution in [0.2, 0.25) is 0 Å². The van der Waals surface area contributed by atoms with E-state index in [1.807, 2.05) is 11.9 Å². The summed E-state index contributed by atoms with van der Waals surface area (Å²) in [5, 5.41) is 2.51. The molecule has 0 radical (unpaired) electrons. The van der Waals surface area contributed by atoms with Gasteiger partial charge in [-0.05, 0) is 49.5 Å². The lowest BCUT2D eigenvalue weighted by Crippen LogP contribution is -2.45. The Morgan fingerprint density at radius 1 is 1.03 bits per heavy atom. The lowest BCUT2D eigenvalue weighted by Gasteiger charge is -2.35. The molecule has 3 rings (SSSR count). The Hall–Kier alpha value is -2.63. The highest BCUT2D eigenvalue weighted by molar-refractivity contribution is 7.89. The molecule has 0 unspecified atom stereocenters. The van der Waals surface area contributed by atoms with Crippen molar-refractivity contribution in [2.45, 2.75) is 18.0 Å². The minimum Gasteiger partial charge on any atom is -0.368 e. The number of alkyl halides is 3. The molecule has 0 aliphatic carbocycles. The summed E-state index contributed by atoms with van der Waals surface area (Å²) in [5.41, 5.74) is -0.0716. The summed E-state index contributed by atoms with van der Waals surface area (Å²) in [5.74, 6) is -0.623. The summed E-state index contributed by atoms with van der Waals surface area (Å²) >= 11 is 0. The van der Waals surface area contributed by atoms with Crippen LogP contribution in [0.25, 0.3) is 0 Å². The number of sulfonamides is 1. The second-order valence-electron chi connectivity index (χ2n) is 7.50. The molecular formula is C21H25F3N4O3S. The molecule has 174 valence electrons. The van der Waals surface area contributed by atoms with Crippen molar-refractivity contribution >= 4 is 27.3 Å². The molecule has 1 saturated heterocycles. The number of piperazine rings is 1. The number of carbonyl (C=O) groups excluding carboxylic acids is 1. The van der Waals surface area contributed by atoms with Crippen LogP contribution in [-0.4, -0.2) is 59.0 Å². The zero-order chi connectivity index (χ0) is 23.5. The Kier molecular flexibility index (Phi) is 7.11. The first-order valence-corrected chi connectivity index (χ1v) is 11.6. The molecule has 0 atom stereocenters. The molecule has 1 heterocycles. The molecule has 2 N–H and O–H groups in total. The van der Waals surface area contributed by atoms with Gasteiger partial charge in [0, 0.05) is 44.0 Å². The standard InChI is InChI=1S/C21H25F3N4O3S/c1-3-25-32(30,31)19-14-15(4-9-18(19)28-12-10-27(2)11-13-28)20(29)26-17-7-5-16(6-8-17)21(22,23)24/h4-9,14,25H,3,10-13H2,1-2H3,(H,26,29). The lowest BCUT2D eigenvalue weighted by atomic mass is 10.1. The zero-order valence-electron chi connectivity index (χ0n) is 17.7. The molecule has 11 heteroatoms. The number of amides is 1. The van der Waals surface area contributed by atoms with E-state index in [2.05, 4.69) is 14.9 Å². The Morgan fingerprint density at radius 3 is 2.22 bits per heavy atom. The van der Waals surface area contributed by atoms with Crippen LogP contribution >= 0.6 is 0 Å². The summed E-state index contributed by atoms with van der Waals surface area (Å²) in [6.45, 7) is 4.68. The van der Waals surface area contributed by atoms with Gasteiger partial charge >= 0.3 is 6.18 Å². The molecule has 2 aromatic carbocycles. The third kappa shape index (κ3) is 5.59. The number of benzene rings is 2. The van der Waals surface area contributed by atoms with Gasteiger partial charge in [-0.2, -0.15) is 13.2 Å². The number of nitrogens with zero attached hydrogens (tertiary/aromatic N) is 2. The summed E-state index contributed by atoms with van der Waals surface area (Å²) < 4.78 is 66.3. The third-order valence-electron chi connectivity index (χ3n) is 5.16. The number of hydrogen-bond donors (Lipinski definition) is 2. The normalized spacial score (nSPS) is 15.6. The molecule has 7 nitrogen and oxygen atoms in total. The number of likely N-dealkylation sites (N-methyl/N-ethyl adjacent to an activating group) is 1. The maximum Gasteiger partial charge on any atom is 0.416 e. The van der Waals surface area contributed by atoms with Crippen LogP contribution in [0.4, 0.5) is 24.5 Å². The van der Waals surface area contributed by atoms with Gasteiger partial charge in [-0.3, -0.25) is 4.79 Å². The summed E-state index contributed by atoms with van der Waals surface area (Å²) in [7, 11) is -1.88. The van der Waals surface area contributed by atoms with Crippen LogP contribution in [0.3, 0.4) is 0 Å². The minimum atomic E-state index is -4.48. The van der Waals surface area contributed by atoms with Crippen LogP contribution in [0.15, 0.2) is 47.4 Å². The molecule has 1 fully saturated rings. The second kappa shape index (κ2) is 9.47. The monoisotopic (exact) mass is 470 g/mol. The Bertz CT molecular complexity index is 1060. The lowest BCUT2D eigenvalue weighted by molar-refractivity contribution is -0.137. The maximum absolute atomic E-state index is 12.8. The van der Waals surface area contributed by atoms with Gasteiger partial charge < -0.3 is 15.1 Å². The molecule has 1 aliphatic heterocycles. The number of carbonyl (C=O) groups is 1. The molecule has 1 aliphatic rings. The highest BCUT2D eigenvalue weighted by Crippen LogP contribution is 2.30. The van der Waals surface area contributed by atoms with Gasteiger partial charge in [-0.1, -0.05) is 6.92 Å². The van der Waals surface area contributed by atoms with Crippen molar-refractivity contribution in [2.24, 2.45) is 0 Å². The third-order valence-corrected chi connectivity index (χ3v) is 6.73. The number of halogens is 3. The van der Waals surface area contributed by atoms with E-state index in [1.54, 1.807) is 13.0 Å². The van der Waals surface area contributed by atoms with Crippen LogP contribution < -0.4 is 14.9 Å². The molecule has 1 amide bonds. The van der Waals surface area contributed by atoms with E-state index >= 15 is 0 Å². The molecule has 2 aromatic rings. The van der Waals surface area contributed by atoms with Crippen molar-refractivity contribution < 1.29 is 26.4 Å². The van der Waals surface area contributed by atoms with E-state index in [1.165, 1.54) is 12.1 Å². The number of hydrogen-bond acceptors (Lipinski definition) is 5. The first kappa shape index (κ1) is 24.0. The van der Waals surface area contributed by atoms with Gasteiger partial charge in [-0.15, -0.1) is 0 Å². The van der Waals surface area contributed by atoms with Gasteiger partial charge in [0.2, 0.25) is 10.0 Å². The Morgan fingerprint density at radius 2 is 1.66 bits per heavy atom. The predicted octanol–water partition coefficient (Wildman–Crippen LogP) is 3.01. The second-order valence-corrected chi connectivity index (χ2v) is 9.24. The van der Waals surface area contributed by atoms with Gasteiger partial charge in [0.15, 0.2) is 0 Å². The van der Waals surface area contributed by atoms with Crippen LogP contribution in [-0.2, 0) is 16.2 Å². The van der Waals surface area contributed by atoms with E-state index in [4.69, 9.17) is 0 Å². The van der Waals surface area contributed by atoms with Crippen molar-refractivity contribution in [3.05, 3.63) is 53.6 Å². The number of anilines is 2. The fourth-order valence-corrected chi connectivity index (χ4v) is 4.68. The fraction of sp³-hybridized carbons (Fsp3) is 0.381. The number of rotatable bonds is 6. The average molecular weight is 471 g/mol. The molecule has 0 aromatic heterocycles.